The average Bonchev–Trinajstić information content (AvgIpc) is 2.99. The van der Waals surface area contributed by atoms with Gasteiger partial charge in [0, 0.05) is 0 Å². The monoisotopic (exact) mass is 289 g/mol. The van der Waals surface area contributed by atoms with Crippen LogP contribution in [0.1, 0.15) is 29.1 Å². The van der Waals surface area contributed by atoms with Crippen molar-refractivity contribution in [3.63, 3.8) is 0 Å². The molecule has 0 saturated carbocycles. The van der Waals surface area contributed by atoms with Crippen molar-refractivity contribution >= 4 is 11.9 Å². The molecule has 1 aromatic carbocycles. The lowest BCUT2D eigenvalue weighted by Gasteiger charge is -2.12. The van der Waals surface area contributed by atoms with Crippen LogP contribution in [0.25, 0.3) is 0 Å². The van der Waals surface area contributed by atoms with Crippen LogP contribution in [0, 0.1) is 0 Å². The van der Waals surface area contributed by atoms with E-state index in [-0.39, 0.29) is 24.1 Å². The minimum absolute atomic E-state index is 0.108. The maximum Gasteiger partial charge on any atom is 0.335 e. The number of carboxylic acids is 1. The van der Waals surface area contributed by atoms with E-state index in [1.807, 2.05) is 0 Å². The van der Waals surface area contributed by atoms with E-state index in [0.717, 1.165) is 0 Å². The predicted molar refractivity (Wildman–Crippen MR) is 74.2 cm³/mol. The average molecular weight is 289 g/mol. The molecule has 0 aliphatic rings. The molecule has 21 heavy (non-hydrogen) atoms. The first-order valence-electron chi connectivity index (χ1n) is 6.35. The first-order chi connectivity index (χ1) is 10.1. The van der Waals surface area contributed by atoms with Crippen LogP contribution >= 0.6 is 0 Å². The number of hydrogen-bond acceptors (Lipinski definition) is 4. The fourth-order valence-electron chi connectivity index (χ4n) is 1.76. The molecule has 1 atom stereocenters. The highest BCUT2D eigenvalue weighted by molar-refractivity contribution is 5.88. The number of nitrogens with one attached hydrogen (secondary N) is 1. The number of hydrogen-bond donors (Lipinski definition) is 2. The van der Waals surface area contributed by atoms with Crippen LogP contribution in [0.3, 0.4) is 0 Å². The molecule has 2 aromatic rings. The number of amides is 1. The Balaban J connectivity index is 1.86. The molecule has 1 heterocycles. The molecule has 6 nitrogen and oxygen atoms in total. The van der Waals surface area contributed by atoms with E-state index >= 15 is 0 Å². The molecule has 0 saturated heterocycles. The van der Waals surface area contributed by atoms with Gasteiger partial charge in [-0.1, -0.05) is 6.07 Å². The minimum atomic E-state index is -1.05. The fourth-order valence-corrected chi connectivity index (χ4v) is 1.76. The molecular formula is C15H15NO5. The van der Waals surface area contributed by atoms with Gasteiger partial charge in [-0.15, -0.1) is 0 Å². The van der Waals surface area contributed by atoms with Gasteiger partial charge in [0.25, 0.3) is 5.91 Å². The summed E-state index contributed by atoms with van der Waals surface area (Å²) in [4.78, 5) is 22.6. The number of carbonyl (C=O) groups is 2. The highest BCUT2D eigenvalue weighted by atomic mass is 16.5. The smallest absolute Gasteiger partial charge is 0.335 e. The maximum absolute atomic E-state index is 11.7. The number of carbonyl (C=O) groups excluding carboxylic acids is 1. The van der Waals surface area contributed by atoms with Crippen LogP contribution in [0.2, 0.25) is 0 Å². The molecule has 1 aromatic heterocycles. The molecular weight excluding hydrogens is 274 g/mol. The number of rotatable bonds is 6. The molecule has 0 radical (unpaired) electrons. The van der Waals surface area contributed by atoms with Crippen molar-refractivity contribution in [2.24, 2.45) is 0 Å². The summed E-state index contributed by atoms with van der Waals surface area (Å²) in [7, 11) is 0. The lowest BCUT2D eigenvalue weighted by molar-refractivity contribution is -0.123. The van der Waals surface area contributed by atoms with Crippen LogP contribution in [0.4, 0.5) is 0 Å². The van der Waals surface area contributed by atoms with Gasteiger partial charge in [-0.25, -0.2) is 4.79 Å². The molecule has 0 fully saturated rings. The van der Waals surface area contributed by atoms with Crippen LogP contribution in [-0.2, 0) is 4.79 Å². The lowest BCUT2D eigenvalue weighted by Crippen LogP contribution is -2.31. The van der Waals surface area contributed by atoms with Gasteiger partial charge < -0.3 is 19.6 Å². The van der Waals surface area contributed by atoms with Crippen molar-refractivity contribution < 1.29 is 23.8 Å². The zero-order chi connectivity index (χ0) is 15.2. The summed E-state index contributed by atoms with van der Waals surface area (Å²) >= 11 is 0. The molecule has 2 N–H and O–H groups in total. The fraction of sp³-hybridized carbons (Fsp3) is 0.200. The van der Waals surface area contributed by atoms with Gasteiger partial charge >= 0.3 is 5.97 Å². The predicted octanol–water partition coefficient (Wildman–Crippen LogP) is 2.23. The summed E-state index contributed by atoms with van der Waals surface area (Å²) < 4.78 is 10.5. The molecule has 0 aliphatic carbocycles. The summed E-state index contributed by atoms with van der Waals surface area (Å²) in [6.07, 6.45) is 1.53. The highest BCUT2D eigenvalue weighted by Crippen LogP contribution is 2.14. The van der Waals surface area contributed by atoms with Crippen molar-refractivity contribution in [3.8, 4) is 5.75 Å². The van der Waals surface area contributed by atoms with Gasteiger partial charge in [-0.2, -0.15) is 0 Å². The molecule has 1 amide bonds. The molecule has 0 bridgehead atoms. The third-order valence-corrected chi connectivity index (χ3v) is 2.80. The Labute approximate surface area is 121 Å². The first-order valence-corrected chi connectivity index (χ1v) is 6.35. The second-order valence-corrected chi connectivity index (χ2v) is 4.43. The van der Waals surface area contributed by atoms with Crippen molar-refractivity contribution in [1.82, 2.24) is 5.32 Å². The summed E-state index contributed by atoms with van der Waals surface area (Å²) in [6.45, 7) is 1.59. The summed E-state index contributed by atoms with van der Waals surface area (Å²) in [6, 6.07) is 9.22. The van der Waals surface area contributed by atoms with E-state index in [4.69, 9.17) is 14.3 Å². The Bertz CT molecular complexity index is 621. The lowest BCUT2D eigenvalue weighted by atomic mass is 10.2. The van der Waals surface area contributed by atoms with Crippen LogP contribution in [-0.4, -0.2) is 23.6 Å². The Kier molecular flexibility index (Phi) is 4.61. The second-order valence-electron chi connectivity index (χ2n) is 4.43. The van der Waals surface area contributed by atoms with Crippen LogP contribution < -0.4 is 10.1 Å². The number of benzene rings is 1. The van der Waals surface area contributed by atoms with E-state index in [1.165, 1.54) is 18.4 Å². The van der Waals surface area contributed by atoms with Crippen molar-refractivity contribution in [1.29, 1.82) is 0 Å². The normalized spacial score (nSPS) is 11.7. The summed E-state index contributed by atoms with van der Waals surface area (Å²) in [5.41, 5.74) is 0.108. The van der Waals surface area contributed by atoms with Crippen molar-refractivity contribution in [3.05, 3.63) is 54.0 Å². The maximum atomic E-state index is 11.7. The van der Waals surface area contributed by atoms with Crippen molar-refractivity contribution in [2.75, 3.05) is 6.61 Å². The highest BCUT2D eigenvalue weighted by Gasteiger charge is 2.12. The number of ether oxygens (including phenoxy) is 1. The SMILES string of the molecule is C[C@@H](NC(=O)COc1cccc(C(=O)O)c1)c1ccco1. The summed E-state index contributed by atoms with van der Waals surface area (Å²) in [5.74, 6) is -0.386. The Morgan fingerprint density at radius 3 is 2.81 bits per heavy atom. The molecule has 110 valence electrons. The molecule has 2 rings (SSSR count). The Morgan fingerprint density at radius 2 is 2.14 bits per heavy atom. The first kappa shape index (κ1) is 14.6. The van der Waals surface area contributed by atoms with E-state index < -0.39 is 5.97 Å². The van der Waals surface area contributed by atoms with Gasteiger partial charge in [0.2, 0.25) is 0 Å². The minimum Gasteiger partial charge on any atom is -0.484 e. The third kappa shape index (κ3) is 4.10. The zero-order valence-electron chi connectivity index (χ0n) is 11.4. The largest absolute Gasteiger partial charge is 0.484 e. The Hall–Kier alpha value is -2.76. The van der Waals surface area contributed by atoms with E-state index in [2.05, 4.69) is 5.32 Å². The molecule has 0 unspecified atom stereocenters. The van der Waals surface area contributed by atoms with Gasteiger partial charge in [-0.3, -0.25) is 4.79 Å². The van der Waals surface area contributed by atoms with E-state index in [1.54, 1.807) is 31.2 Å². The number of aromatic carboxylic acids is 1. The zero-order valence-corrected chi connectivity index (χ0v) is 11.4. The van der Waals surface area contributed by atoms with E-state index in [9.17, 15) is 9.59 Å². The Morgan fingerprint density at radius 1 is 1.33 bits per heavy atom. The van der Waals surface area contributed by atoms with Crippen LogP contribution in [0.15, 0.2) is 47.1 Å². The summed E-state index contributed by atoms with van der Waals surface area (Å²) in [5, 5.41) is 11.6. The third-order valence-electron chi connectivity index (χ3n) is 2.80. The molecule has 6 heteroatoms. The second kappa shape index (κ2) is 6.60. The van der Waals surface area contributed by atoms with Gasteiger partial charge in [0.1, 0.15) is 11.5 Å². The van der Waals surface area contributed by atoms with Crippen LogP contribution in [0.5, 0.6) is 5.75 Å². The topological polar surface area (TPSA) is 88.8 Å². The van der Waals surface area contributed by atoms with Gasteiger partial charge in [0.05, 0.1) is 17.9 Å². The van der Waals surface area contributed by atoms with Crippen molar-refractivity contribution in [2.45, 2.75) is 13.0 Å². The van der Waals surface area contributed by atoms with Gasteiger partial charge in [0.15, 0.2) is 6.61 Å². The number of carboxylic acid groups (broad SMARTS) is 1. The molecule has 0 spiro atoms. The van der Waals surface area contributed by atoms with E-state index in [0.29, 0.717) is 11.5 Å². The van der Waals surface area contributed by atoms with Gasteiger partial charge in [-0.05, 0) is 37.3 Å². The number of furan rings is 1. The standard InChI is InChI=1S/C15H15NO5/c1-10(13-6-3-7-20-13)16-14(17)9-21-12-5-2-4-11(8-12)15(18)19/h2-8,10H,9H2,1H3,(H,16,17)(H,18,19)/t10-/m1/s1. The quantitative estimate of drug-likeness (QED) is 0.851. The molecule has 0 aliphatic heterocycles.